The molecule has 0 aliphatic heterocycles. The van der Waals surface area contributed by atoms with Gasteiger partial charge in [0, 0.05) is 11.1 Å². The van der Waals surface area contributed by atoms with Crippen molar-refractivity contribution in [3.63, 3.8) is 0 Å². The summed E-state index contributed by atoms with van der Waals surface area (Å²) in [6.45, 7) is 4.55. The summed E-state index contributed by atoms with van der Waals surface area (Å²) in [4.78, 5) is 11.5. The first kappa shape index (κ1) is 21.5. The molecule has 3 aromatic rings. The first-order valence-electron chi connectivity index (χ1n) is 9.95. The van der Waals surface area contributed by atoms with Crippen LogP contribution in [0.5, 0.6) is 5.75 Å². The van der Waals surface area contributed by atoms with Crippen molar-refractivity contribution in [3.05, 3.63) is 59.9 Å². The second kappa shape index (κ2) is 9.54. The molecule has 0 fully saturated rings. The average Bonchev–Trinajstić information content (AvgIpc) is 3.15. The van der Waals surface area contributed by atoms with E-state index in [1.54, 1.807) is 28.9 Å². The number of aliphatic hydroxyl groups excluding tert-OH is 1. The number of carbonyl (C=O) groups is 1. The zero-order valence-corrected chi connectivity index (χ0v) is 17.0. The minimum Gasteiger partial charge on any atom is -0.493 e. The van der Waals surface area contributed by atoms with Gasteiger partial charge in [-0.05, 0) is 49.2 Å². The Kier molecular flexibility index (Phi) is 6.84. The number of aromatic carboxylic acids is 1. The van der Waals surface area contributed by atoms with Crippen LogP contribution in [0.25, 0.3) is 22.5 Å². The lowest BCUT2D eigenvalue weighted by Gasteiger charge is -2.12. The fourth-order valence-electron chi connectivity index (χ4n) is 3.10. The van der Waals surface area contributed by atoms with Gasteiger partial charge in [0.25, 0.3) is 0 Å². The lowest BCUT2D eigenvalue weighted by Crippen LogP contribution is -2.16. The number of carboxylic acids is 1. The predicted molar refractivity (Wildman–Crippen MR) is 112 cm³/mol. The number of nitrogens with zero attached hydrogens (tertiary/aromatic N) is 2. The Hall–Kier alpha value is -3.19. The van der Waals surface area contributed by atoms with Gasteiger partial charge in [-0.1, -0.05) is 26.0 Å². The number of aromatic nitrogens is 2. The average molecular weight is 412 g/mol. The number of rotatable bonds is 9. The van der Waals surface area contributed by atoms with Crippen molar-refractivity contribution in [1.82, 2.24) is 9.78 Å². The second-order valence-electron chi connectivity index (χ2n) is 7.03. The molecule has 0 spiro atoms. The number of ether oxygens (including phenoxy) is 1. The standard InChI is InChI=1S/C23H25FN2O4/c1-3-10-30-22-9-8-16(23(28)29)12-19(22)20-13-21(15-6-5-7-17(24)11-15)26(25-20)14-18(27)4-2/h5-9,11-13,18,27H,3-4,10,14H2,1-2H3,(H,28,29)/t18-/m1/s1. The summed E-state index contributed by atoms with van der Waals surface area (Å²) in [5.74, 6) is -0.907. The van der Waals surface area contributed by atoms with Crippen LogP contribution < -0.4 is 4.74 Å². The quantitative estimate of drug-likeness (QED) is 0.536. The Morgan fingerprint density at radius 3 is 2.67 bits per heavy atom. The van der Waals surface area contributed by atoms with E-state index in [1.165, 1.54) is 24.3 Å². The van der Waals surface area contributed by atoms with Crippen molar-refractivity contribution in [1.29, 1.82) is 0 Å². The Balaban J connectivity index is 2.15. The van der Waals surface area contributed by atoms with Gasteiger partial charge < -0.3 is 14.9 Å². The fourth-order valence-corrected chi connectivity index (χ4v) is 3.10. The zero-order valence-electron chi connectivity index (χ0n) is 17.0. The lowest BCUT2D eigenvalue weighted by molar-refractivity contribution is 0.0697. The summed E-state index contributed by atoms with van der Waals surface area (Å²) >= 11 is 0. The van der Waals surface area contributed by atoms with Crippen molar-refractivity contribution in [2.75, 3.05) is 6.61 Å². The van der Waals surface area contributed by atoms with Crippen LogP contribution in [0.2, 0.25) is 0 Å². The van der Waals surface area contributed by atoms with Gasteiger partial charge in [-0.15, -0.1) is 0 Å². The molecule has 0 aliphatic carbocycles. The van der Waals surface area contributed by atoms with Gasteiger partial charge in [-0.25, -0.2) is 9.18 Å². The minimum absolute atomic E-state index is 0.115. The van der Waals surface area contributed by atoms with Crippen LogP contribution >= 0.6 is 0 Å². The highest BCUT2D eigenvalue weighted by atomic mass is 19.1. The summed E-state index contributed by atoms with van der Waals surface area (Å²) in [5.41, 5.74) is 2.38. The van der Waals surface area contributed by atoms with E-state index in [-0.39, 0.29) is 17.9 Å². The van der Waals surface area contributed by atoms with E-state index in [0.717, 1.165) is 6.42 Å². The molecule has 1 aromatic heterocycles. The SMILES string of the molecule is CCCOc1ccc(C(=O)O)cc1-c1cc(-c2cccc(F)c2)n(C[C@H](O)CC)n1. The molecule has 1 atom stereocenters. The number of benzene rings is 2. The molecule has 1 heterocycles. The number of aliphatic hydroxyl groups is 1. The van der Waals surface area contributed by atoms with Gasteiger partial charge in [-0.2, -0.15) is 5.10 Å². The Morgan fingerprint density at radius 1 is 1.20 bits per heavy atom. The molecule has 0 unspecified atom stereocenters. The maximum absolute atomic E-state index is 13.8. The van der Waals surface area contributed by atoms with Crippen LogP contribution in [0.4, 0.5) is 4.39 Å². The fraction of sp³-hybridized carbons (Fsp3) is 0.304. The molecule has 0 saturated heterocycles. The molecular weight excluding hydrogens is 387 g/mol. The molecular formula is C23H25FN2O4. The first-order valence-corrected chi connectivity index (χ1v) is 9.95. The third kappa shape index (κ3) is 4.86. The van der Waals surface area contributed by atoms with E-state index >= 15 is 0 Å². The Morgan fingerprint density at radius 2 is 2.00 bits per heavy atom. The summed E-state index contributed by atoms with van der Waals surface area (Å²) in [6, 6.07) is 12.5. The van der Waals surface area contributed by atoms with Crippen LogP contribution in [0, 0.1) is 5.82 Å². The summed E-state index contributed by atoms with van der Waals surface area (Å²) in [6.07, 6.45) is 0.717. The predicted octanol–water partition coefficient (Wildman–Crippen LogP) is 4.61. The molecule has 158 valence electrons. The first-order chi connectivity index (χ1) is 14.4. The van der Waals surface area contributed by atoms with Crippen LogP contribution in [0.15, 0.2) is 48.5 Å². The van der Waals surface area contributed by atoms with E-state index in [1.807, 2.05) is 13.8 Å². The Bertz CT molecular complexity index is 1030. The third-order valence-corrected chi connectivity index (χ3v) is 4.72. The van der Waals surface area contributed by atoms with E-state index in [2.05, 4.69) is 5.10 Å². The van der Waals surface area contributed by atoms with Crippen molar-refractivity contribution in [3.8, 4) is 28.3 Å². The molecule has 2 N–H and O–H groups in total. The van der Waals surface area contributed by atoms with Gasteiger partial charge in [-0.3, -0.25) is 4.68 Å². The maximum atomic E-state index is 13.8. The van der Waals surface area contributed by atoms with Crippen molar-refractivity contribution in [2.45, 2.75) is 39.3 Å². The summed E-state index contributed by atoms with van der Waals surface area (Å²) in [7, 11) is 0. The molecule has 0 aliphatic rings. The number of hydrogen-bond acceptors (Lipinski definition) is 4. The minimum atomic E-state index is -1.05. The second-order valence-corrected chi connectivity index (χ2v) is 7.03. The molecule has 6 nitrogen and oxygen atoms in total. The Labute approximate surface area is 174 Å². The normalized spacial score (nSPS) is 12.0. The van der Waals surface area contributed by atoms with Gasteiger partial charge in [0.1, 0.15) is 11.6 Å². The van der Waals surface area contributed by atoms with Crippen molar-refractivity contribution >= 4 is 5.97 Å². The molecule has 7 heteroatoms. The van der Waals surface area contributed by atoms with Crippen LogP contribution in [-0.2, 0) is 6.54 Å². The molecule has 0 bridgehead atoms. The molecule has 0 radical (unpaired) electrons. The zero-order chi connectivity index (χ0) is 21.7. The highest BCUT2D eigenvalue weighted by Gasteiger charge is 2.18. The van der Waals surface area contributed by atoms with E-state index in [4.69, 9.17) is 4.74 Å². The smallest absolute Gasteiger partial charge is 0.335 e. The summed E-state index contributed by atoms with van der Waals surface area (Å²) < 4.78 is 21.2. The molecule has 30 heavy (non-hydrogen) atoms. The van der Waals surface area contributed by atoms with E-state index < -0.39 is 12.1 Å². The number of hydrogen-bond donors (Lipinski definition) is 2. The van der Waals surface area contributed by atoms with Gasteiger partial charge in [0.05, 0.1) is 36.2 Å². The maximum Gasteiger partial charge on any atom is 0.335 e. The lowest BCUT2D eigenvalue weighted by atomic mass is 10.0. The topological polar surface area (TPSA) is 84.6 Å². The third-order valence-electron chi connectivity index (χ3n) is 4.72. The highest BCUT2D eigenvalue weighted by Crippen LogP contribution is 2.34. The molecule has 3 rings (SSSR count). The van der Waals surface area contributed by atoms with Crippen LogP contribution in [0.3, 0.4) is 0 Å². The monoisotopic (exact) mass is 412 g/mol. The summed E-state index contributed by atoms with van der Waals surface area (Å²) in [5, 5.41) is 24.2. The molecule has 2 aromatic carbocycles. The van der Waals surface area contributed by atoms with Crippen LogP contribution in [0.1, 0.15) is 37.0 Å². The van der Waals surface area contributed by atoms with Gasteiger partial charge in [0.2, 0.25) is 0 Å². The van der Waals surface area contributed by atoms with E-state index in [0.29, 0.717) is 41.3 Å². The van der Waals surface area contributed by atoms with Gasteiger partial charge in [0.15, 0.2) is 0 Å². The van der Waals surface area contributed by atoms with Crippen molar-refractivity contribution < 1.29 is 24.1 Å². The highest BCUT2D eigenvalue weighted by molar-refractivity contribution is 5.90. The largest absolute Gasteiger partial charge is 0.493 e. The van der Waals surface area contributed by atoms with Gasteiger partial charge >= 0.3 is 5.97 Å². The number of halogens is 1. The number of carboxylic acid groups (broad SMARTS) is 1. The molecule has 0 amide bonds. The molecule has 0 saturated carbocycles. The van der Waals surface area contributed by atoms with Crippen LogP contribution in [-0.4, -0.2) is 38.7 Å². The van der Waals surface area contributed by atoms with E-state index in [9.17, 15) is 19.4 Å². The van der Waals surface area contributed by atoms with Crippen molar-refractivity contribution in [2.24, 2.45) is 0 Å².